The Morgan fingerprint density at radius 3 is 2.77 bits per heavy atom. The summed E-state index contributed by atoms with van der Waals surface area (Å²) in [6, 6.07) is 12.8. The minimum atomic E-state index is -0.277. The zero-order chi connectivity index (χ0) is 18.5. The zero-order valence-electron chi connectivity index (χ0n) is 14.8. The number of methoxy groups -OCH3 is 1. The third kappa shape index (κ3) is 3.97. The highest BCUT2D eigenvalue weighted by molar-refractivity contribution is 5.92. The average Bonchev–Trinajstić information content (AvgIpc) is 3.06. The number of carbonyl (C=O) groups excluding carboxylic acids is 1. The first kappa shape index (κ1) is 17.4. The number of nitrogens with zero attached hydrogens (tertiary/aromatic N) is 4. The molecule has 3 rings (SSSR count). The van der Waals surface area contributed by atoms with E-state index in [-0.39, 0.29) is 12.5 Å². The molecule has 0 aliphatic rings. The highest BCUT2D eigenvalue weighted by Crippen LogP contribution is 2.27. The van der Waals surface area contributed by atoms with Crippen molar-refractivity contribution in [1.82, 2.24) is 20.2 Å². The van der Waals surface area contributed by atoms with Crippen LogP contribution < -0.4 is 14.8 Å². The van der Waals surface area contributed by atoms with Gasteiger partial charge in [0.2, 0.25) is 0 Å². The SMILES string of the molecule is COc1cc(C)ccc1OCC(=O)Nc1cccc(-c2nnnn2C)c1. The van der Waals surface area contributed by atoms with Crippen LogP contribution in [0.3, 0.4) is 0 Å². The van der Waals surface area contributed by atoms with E-state index in [1.807, 2.05) is 31.2 Å². The van der Waals surface area contributed by atoms with E-state index in [9.17, 15) is 4.79 Å². The van der Waals surface area contributed by atoms with Gasteiger partial charge in [0.15, 0.2) is 23.9 Å². The lowest BCUT2D eigenvalue weighted by Crippen LogP contribution is -2.20. The highest BCUT2D eigenvalue weighted by atomic mass is 16.5. The van der Waals surface area contributed by atoms with Crippen molar-refractivity contribution < 1.29 is 14.3 Å². The molecule has 0 atom stereocenters. The topological polar surface area (TPSA) is 91.2 Å². The Balaban J connectivity index is 1.65. The van der Waals surface area contributed by atoms with Gasteiger partial charge < -0.3 is 14.8 Å². The molecule has 0 aliphatic heterocycles. The number of hydrogen-bond acceptors (Lipinski definition) is 6. The number of aryl methyl sites for hydroxylation is 2. The minimum Gasteiger partial charge on any atom is -0.493 e. The van der Waals surface area contributed by atoms with Gasteiger partial charge in [-0.25, -0.2) is 4.68 Å². The standard InChI is InChI=1S/C18H19N5O3/c1-12-7-8-15(16(9-12)25-3)26-11-17(24)19-14-6-4-5-13(10-14)18-20-21-22-23(18)2/h4-10H,11H2,1-3H3,(H,19,24). The van der Waals surface area contributed by atoms with E-state index < -0.39 is 0 Å². The zero-order valence-corrected chi connectivity index (χ0v) is 14.8. The van der Waals surface area contributed by atoms with Crippen molar-refractivity contribution in [3.63, 3.8) is 0 Å². The van der Waals surface area contributed by atoms with Gasteiger partial charge >= 0.3 is 0 Å². The lowest BCUT2D eigenvalue weighted by Gasteiger charge is -2.11. The van der Waals surface area contributed by atoms with Crippen LogP contribution in [0.4, 0.5) is 5.69 Å². The Hall–Kier alpha value is -3.42. The first-order valence-corrected chi connectivity index (χ1v) is 7.97. The van der Waals surface area contributed by atoms with Gasteiger partial charge in [-0.1, -0.05) is 18.2 Å². The summed E-state index contributed by atoms with van der Waals surface area (Å²) in [5.74, 6) is 1.45. The van der Waals surface area contributed by atoms with Crippen molar-refractivity contribution in [2.24, 2.45) is 7.05 Å². The molecule has 8 heteroatoms. The van der Waals surface area contributed by atoms with Crippen LogP contribution in [-0.2, 0) is 11.8 Å². The number of hydrogen-bond donors (Lipinski definition) is 1. The van der Waals surface area contributed by atoms with Crippen LogP contribution in [0.25, 0.3) is 11.4 Å². The maximum Gasteiger partial charge on any atom is 0.262 e. The van der Waals surface area contributed by atoms with Crippen LogP contribution in [0.2, 0.25) is 0 Å². The van der Waals surface area contributed by atoms with Gasteiger partial charge in [0, 0.05) is 18.3 Å². The molecule has 2 aromatic carbocycles. The summed E-state index contributed by atoms with van der Waals surface area (Å²) in [6.45, 7) is 1.83. The molecule has 8 nitrogen and oxygen atoms in total. The van der Waals surface area contributed by atoms with Gasteiger partial charge in [0.05, 0.1) is 7.11 Å². The molecule has 0 unspecified atom stereocenters. The maximum atomic E-state index is 12.2. The molecule has 1 N–H and O–H groups in total. The molecule has 0 spiro atoms. The Morgan fingerprint density at radius 1 is 1.19 bits per heavy atom. The molecule has 0 bridgehead atoms. The van der Waals surface area contributed by atoms with Crippen molar-refractivity contribution in [3.05, 3.63) is 48.0 Å². The predicted molar refractivity (Wildman–Crippen MR) is 96.1 cm³/mol. The number of amides is 1. The molecule has 0 aliphatic carbocycles. The summed E-state index contributed by atoms with van der Waals surface area (Å²) in [7, 11) is 3.32. The van der Waals surface area contributed by atoms with Crippen LogP contribution in [0, 0.1) is 6.92 Å². The monoisotopic (exact) mass is 353 g/mol. The lowest BCUT2D eigenvalue weighted by molar-refractivity contribution is -0.118. The largest absolute Gasteiger partial charge is 0.493 e. The summed E-state index contributed by atoms with van der Waals surface area (Å²) in [4.78, 5) is 12.2. The van der Waals surface area contributed by atoms with Gasteiger partial charge in [-0.3, -0.25) is 4.79 Å². The molecular formula is C18H19N5O3. The van der Waals surface area contributed by atoms with Gasteiger partial charge in [-0.15, -0.1) is 5.10 Å². The quantitative estimate of drug-likeness (QED) is 0.731. The second-order valence-electron chi connectivity index (χ2n) is 5.70. The van der Waals surface area contributed by atoms with E-state index in [2.05, 4.69) is 20.8 Å². The maximum absolute atomic E-state index is 12.2. The van der Waals surface area contributed by atoms with Crippen LogP contribution in [-0.4, -0.2) is 39.8 Å². The van der Waals surface area contributed by atoms with E-state index in [0.29, 0.717) is 23.0 Å². The van der Waals surface area contributed by atoms with E-state index in [1.165, 1.54) is 0 Å². The highest BCUT2D eigenvalue weighted by Gasteiger charge is 2.10. The molecule has 26 heavy (non-hydrogen) atoms. The Bertz CT molecular complexity index is 923. The van der Waals surface area contributed by atoms with Gasteiger partial charge in [0.1, 0.15) is 0 Å². The smallest absolute Gasteiger partial charge is 0.262 e. The number of ether oxygens (including phenoxy) is 2. The van der Waals surface area contributed by atoms with Crippen molar-refractivity contribution in [3.8, 4) is 22.9 Å². The van der Waals surface area contributed by atoms with Gasteiger partial charge in [-0.2, -0.15) is 0 Å². The van der Waals surface area contributed by atoms with Crippen molar-refractivity contribution >= 4 is 11.6 Å². The summed E-state index contributed by atoms with van der Waals surface area (Å²) >= 11 is 0. The molecule has 1 amide bonds. The number of nitrogens with one attached hydrogen (secondary N) is 1. The van der Waals surface area contributed by atoms with Gasteiger partial charge in [-0.05, 0) is 47.2 Å². The Labute approximate surface area is 150 Å². The molecule has 0 saturated carbocycles. The fourth-order valence-electron chi connectivity index (χ4n) is 2.44. The Kier molecular flexibility index (Phi) is 5.12. The summed E-state index contributed by atoms with van der Waals surface area (Å²) < 4.78 is 12.4. The van der Waals surface area contributed by atoms with Crippen LogP contribution in [0.15, 0.2) is 42.5 Å². The fourth-order valence-corrected chi connectivity index (χ4v) is 2.44. The van der Waals surface area contributed by atoms with Crippen LogP contribution >= 0.6 is 0 Å². The number of rotatable bonds is 6. The summed E-state index contributed by atoms with van der Waals surface area (Å²) in [5, 5.41) is 14.2. The second-order valence-corrected chi connectivity index (χ2v) is 5.70. The number of carbonyl (C=O) groups is 1. The number of tetrazole rings is 1. The lowest BCUT2D eigenvalue weighted by atomic mass is 10.2. The molecular weight excluding hydrogens is 334 g/mol. The van der Waals surface area contributed by atoms with E-state index in [4.69, 9.17) is 9.47 Å². The molecule has 3 aromatic rings. The number of benzene rings is 2. The van der Waals surface area contributed by atoms with Crippen molar-refractivity contribution in [1.29, 1.82) is 0 Å². The molecule has 1 aromatic heterocycles. The van der Waals surface area contributed by atoms with Crippen LogP contribution in [0.5, 0.6) is 11.5 Å². The molecule has 0 fully saturated rings. The second kappa shape index (κ2) is 7.64. The van der Waals surface area contributed by atoms with E-state index in [1.54, 1.807) is 37.0 Å². The number of anilines is 1. The minimum absolute atomic E-state index is 0.130. The first-order valence-electron chi connectivity index (χ1n) is 7.97. The summed E-state index contributed by atoms with van der Waals surface area (Å²) in [6.07, 6.45) is 0. The van der Waals surface area contributed by atoms with Gasteiger partial charge in [0.25, 0.3) is 5.91 Å². The number of aromatic nitrogens is 4. The fraction of sp³-hybridized carbons (Fsp3) is 0.222. The van der Waals surface area contributed by atoms with Crippen LogP contribution in [0.1, 0.15) is 5.56 Å². The first-order chi connectivity index (χ1) is 12.6. The third-order valence-corrected chi connectivity index (χ3v) is 3.70. The Morgan fingerprint density at radius 2 is 2.04 bits per heavy atom. The average molecular weight is 353 g/mol. The normalized spacial score (nSPS) is 10.4. The molecule has 1 heterocycles. The van der Waals surface area contributed by atoms with E-state index >= 15 is 0 Å². The third-order valence-electron chi connectivity index (χ3n) is 3.70. The predicted octanol–water partition coefficient (Wildman–Crippen LogP) is 2.21. The molecule has 134 valence electrons. The van der Waals surface area contributed by atoms with Crippen molar-refractivity contribution in [2.45, 2.75) is 6.92 Å². The van der Waals surface area contributed by atoms with Crippen molar-refractivity contribution in [2.75, 3.05) is 19.0 Å². The molecule has 0 saturated heterocycles. The summed E-state index contributed by atoms with van der Waals surface area (Å²) in [5.41, 5.74) is 2.49. The molecule has 0 radical (unpaired) electrons. The van der Waals surface area contributed by atoms with E-state index in [0.717, 1.165) is 11.1 Å².